The topological polar surface area (TPSA) is 88.3 Å². The number of hydrogen-bond acceptors (Lipinski definition) is 5. The second-order valence-electron chi connectivity index (χ2n) is 9.80. The first-order valence-electron chi connectivity index (χ1n) is 12.6. The molecule has 4 aromatic rings. The Balaban J connectivity index is 1.19. The number of aromatic nitrogens is 2. The smallest absolute Gasteiger partial charge is 0.255 e. The number of nitrogens with zero attached hydrogens (tertiary/aromatic N) is 3. The van der Waals surface area contributed by atoms with Crippen LogP contribution in [0.3, 0.4) is 0 Å². The van der Waals surface area contributed by atoms with E-state index in [-0.39, 0.29) is 17.7 Å². The molecule has 7 heteroatoms. The van der Waals surface area contributed by atoms with Crippen molar-refractivity contribution in [2.45, 2.75) is 39.5 Å². The van der Waals surface area contributed by atoms with Gasteiger partial charge in [-0.3, -0.25) is 9.59 Å². The van der Waals surface area contributed by atoms with Crippen LogP contribution >= 0.6 is 0 Å². The predicted molar refractivity (Wildman–Crippen MR) is 143 cm³/mol. The van der Waals surface area contributed by atoms with Crippen LogP contribution in [0, 0.1) is 20.8 Å². The van der Waals surface area contributed by atoms with Crippen LogP contribution in [-0.4, -0.2) is 39.9 Å². The lowest BCUT2D eigenvalue weighted by molar-refractivity contribution is 0.0704. The molecule has 1 aliphatic heterocycles. The molecule has 0 unspecified atom stereocenters. The van der Waals surface area contributed by atoms with Crippen LogP contribution in [0.5, 0.6) is 0 Å². The molecular weight excluding hydrogens is 464 g/mol. The molecule has 7 nitrogen and oxygen atoms in total. The minimum atomic E-state index is -0.169. The summed E-state index contributed by atoms with van der Waals surface area (Å²) in [7, 11) is 0. The van der Waals surface area contributed by atoms with E-state index in [1.165, 1.54) is 0 Å². The molecule has 0 radical (unpaired) electrons. The summed E-state index contributed by atoms with van der Waals surface area (Å²) >= 11 is 0. The summed E-state index contributed by atoms with van der Waals surface area (Å²) in [4.78, 5) is 32.0. The van der Waals surface area contributed by atoms with Crippen LogP contribution in [0.25, 0.3) is 11.4 Å². The molecule has 2 amide bonds. The SMILES string of the molecule is Cc1ccc(C(=O)N2CCC(c3nc(-c4ccc(C(=O)Nc5cc(C)cc(C)c5)cc4)no3)CC2)cc1. The molecule has 1 fully saturated rings. The maximum absolute atomic E-state index is 12.8. The number of amides is 2. The number of likely N-dealkylation sites (tertiary alicyclic amines) is 1. The van der Waals surface area contributed by atoms with E-state index in [4.69, 9.17) is 4.52 Å². The molecule has 1 aliphatic rings. The second-order valence-corrected chi connectivity index (χ2v) is 9.80. The fourth-order valence-electron chi connectivity index (χ4n) is 4.75. The van der Waals surface area contributed by atoms with Crippen molar-refractivity contribution in [1.82, 2.24) is 15.0 Å². The van der Waals surface area contributed by atoms with Crippen LogP contribution in [-0.2, 0) is 0 Å². The number of nitrogens with one attached hydrogen (secondary N) is 1. The first-order valence-corrected chi connectivity index (χ1v) is 12.6. The average molecular weight is 495 g/mol. The van der Waals surface area contributed by atoms with E-state index in [0.717, 1.165) is 46.3 Å². The Morgan fingerprint density at radius 1 is 0.838 bits per heavy atom. The van der Waals surface area contributed by atoms with Gasteiger partial charge in [-0.05, 0) is 81.1 Å². The molecule has 3 aromatic carbocycles. The number of rotatable bonds is 5. The van der Waals surface area contributed by atoms with Crippen LogP contribution < -0.4 is 5.32 Å². The van der Waals surface area contributed by atoms with Gasteiger partial charge in [0.05, 0.1) is 0 Å². The molecule has 0 saturated carbocycles. The highest BCUT2D eigenvalue weighted by Crippen LogP contribution is 2.29. The van der Waals surface area contributed by atoms with Crippen molar-refractivity contribution in [2.24, 2.45) is 0 Å². The highest BCUT2D eigenvalue weighted by molar-refractivity contribution is 6.04. The van der Waals surface area contributed by atoms with E-state index in [0.29, 0.717) is 30.4 Å². The lowest BCUT2D eigenvalue weighted by atomic mass is 9.96. The van der Waals surface area contributed by atoms with Gasteiger partial charge in [-0.1, -0.05) is 41.1 Å². The normalized spacial score (nSPS) is 14.0. The molecule has 0 aliphatic carbocycles. The summed E-state index contributed by atoms with van der Waals surface area (Å²) in [6.45, 7) is 7.32. The number of hydrogen-bond donors (Lipinski definition) is 1. The standard InChI is InChI=1S/C30H30N4O3/c1-19-4-6-25(7-5-19)30(36)34-14-12-24(13-15-34)29-32-27(33-37-29)22-8-10-23(11-9-22)28(35)31-26-17-20(2)16-21(3)18-26/h4-11,16-18,24H,12-15H2,1-3H3,(H,31,35). The summed E-state index contributed by atoms with van der Waals surface area (Å²) < 4.78 is 5.59. The summed E-state index contributed by atoms with van der Waals surface area (Å²) in [6, 6.07) is 20.8. The number of anilines is 1. The molecule has 0 atom stereocenters. The third-order valence-corrected chi connectivity index (χ3v) is 6.76. The predicted octanol–water partition coefficient (Wildman–Crippen LogP) is 5.93. The van der Waals surface area contributed by atoms with Gasteiger partial charge < -0.3 is 14.7 Å². The minimum absolute atomic E-state index is 0.0614. The Kier molecular flexibility index (Phi) is 6.86. The maximum Gasteiger partial charge on any atom is 0.255 e. The van der Waals surface area contributed by atoms with E-state index in [1.54, 1.807) is 12.1 Å². The third kappa shape index (κ3) is 5.61. The second kappa shape index (κ2) is 10.4. The van der Waals surface area contributed by atoms with Gasteiger partial charge in [-0.2, -0.15) is 4.98 Å². The van der Waals surface area contributed by atoms with E-state index in [2.05, 4.69) is 21.5 Å². The Morgan fingerprint density at radius 3 is 2.11 bits per heavy atom. The van der Waals surface area contributed by atoms with E-state index in [1.807, 2.05) is 74.2 Å². The number of piperidine rings is 1. The molecule has 5 rings (SSSR count). The number of aryl methyl sites for hydroxylation is 3. The van der Waals surface area contributed by atoms with Crippen LogP contribution in [0.1, 0.15) is 62.1 Å². The van der Waals surface area contributed by atoms with Gasteiger partial charge in [0.2, 0.25) is 11.7 Å². The van der Waals surface area contributed by atoms with Gasteiger partial charge in [-0.25, -0.2) is 0 Å². The van der Waals surface area contributed by atoms with Crippen molar-refractivity contribution in [3.8, 4) is 11.4 Å². The fourth-order valence-corrected chi connectivity index (χ4v) is 4.75. The Bertz CT molecular complexity index is 1400. The van der Waals surface area contributed by atoms with Crippen molar-refractivity contribution in [1.29, 1.82) is 0 Å². The van der Waals surface area contributed by atoms with Gasteiger partial charge in [0, 0.05) is 41.4 Å². The third-order valence-electron chi connectivity index (χ3n) is 6.76. The van der Waals surface area contributed by atoms with Gasteiger partial charge in [0.15, 0.2) is 0 Å². The zero-order chi connectivity index (χ0) is 25.9. The van der Waals surface area contributed by atoms with Gasteiger partial charge in [0.1, 0.15) is 0 Å². The Morgan fingerprint density at radius 2 is 1.46 bits per heavy atom. The molecule has 1 aromatic heterocycles. The lowest BCUT2D eigenvalue weighted by Gasteiger charge is -2.30. The minimum Gasteiger partial charge on any atom is -0.339 e. The number of carbonyl (C=O) groups is 2. The first kappa shape index (κ1) is 24.4. The quantitative estimate of drug-likeness (QED) is 0.371. The maximum atomic E-state index is 12.8. The van der Waals surface area contributed by atoms with E-state index in [9.17, 15) is 9.59 Å². The van der Waals surface area contributed by atoms with Crippen molar-refractivity contribution < 1.29 is 14.1 Å². The summed E-state index contributed by atoms with van der Waals surface area (Å²) in [6.07, 6.45) is 1.55. The molecule has 1 saturated heterocycles. The monoisotopic (exact) mass is 494 g/mol. The Labute approximate surface area is 216 Å². The number of carbonyl (C=O) groups excluding carboxylic acids is 2. The van der Waals surface area contributed by atoms with Crippen LogP contribution in [0.2, 0.25) is 0 Å². The highest BCUT2D eigenvalue weighted by Gasteiger charge is 2.28. The van der Waals surface area contributed by atoms with Gasteiger partial charge in [-0.15, -0.1) is 0 Å². The molecule has 1 N–H and O–H groups in total. The summed E-state index contributed by atoms with van der Waals surface area (Å²) in [5.74, 6) is 1.10. The van der Waals surface area contributed by atoms with Gasteiger partial charge in [0.25, 0.3) is 11.8 Å². The van der Waals surface area contributed by atoms with Crippen molar-refractivity contribution in [3.05, 3.63) is 100 Å². The molecule has 2 heterocycles. The summed E-state index contributed by atoms with van der Waals surface area (Å²) in [5, 5.41) is 7.12. The van der Waals surface area contributed by atoms with Crippen LogP contribution in [0.15, 0.2) is 71.3 Å². The van der Waals surface area contributed by atoms with E-state index >= 15 is 0 Å². The lowest BCUT2D eigenvalue weighted by Crippen LogP contribution is -2.38. The molecule has 37 heavy (non-hydrogen) atoms. The first-order chi connectivity index (χ1) is 17.9. The van der Waals surface area contributed by atoms with Gasteiger partial charge >= 0.3 is 0 Å². The fraction of sp³-hybridized carbons (Fsp3) is 0.267. The molecule has 188 valence electrons. The molecule has 0 bridgehead atoms. The highest BCUT2D eigenvalue weighted by atomic mass is 16.5. The molecule has 0 spiro atoms. The average Bonchev–Trinajstić information content (AvgIpc) is 3.39. The van der Waals surface area contributed by atoms with E-state index < -0.39 is 0 Å². The van der Waals surface area contributed by atoms with Crippen LogP contribution in [0.4, 0.5) is 5.69 Å². The van der Waals surface area contributed by atoms with Crippen molar-refractivity contribution >= 4 is 17.5 Å². The molecular formula is C30H30N4O3. The largest absolute Gasteiger partial charge is 0.339 e. The summed E-state index contributed by atoms with van der Waals surface area (Å²) in [5.41, 5.74) is 6.17. The zero-order valence-electron chi connectivity index (χ0n) is 21.3. The van der Waals surface area contributed by atoms with Crippen molar-refractivity contribution in [3.63, 3.8) is 0 Å². The van der Waals surface area contributed by atoms with Crippen molar-refractivity contribution in [2.75, 3.05) is 18.4 Å². The number of benzene rings is 3. The zero-order valence-corrected chi connectivity index (χ0v) is 21.3. The Hall–Kier alpha value is -4.26.